The number of amides is 2. The summed E-state index contributed by atoms with van der Waals surface area (Å²) < 4.78 is 0. The van der Waals surface area contributed by atoms with Crippen molar-refractivity contribution in [3.8, 4) is 0 Å². The first-order valence-electron chi connectivity index (χ1n) is 3.96. The van der Waals surface area contributed by atoms with Crippen molar-refractivity contribution in [3.63, 3.8) is 0 Å². The number of nitrogens with zero attached hydrogens (tertiary/aromatic N) is 1. The number of thiophene rings is 1. The molecule has 0 aromatic carbocycles. The lowest BCUT2D eigenvalue weighted by Gasteiger charge is -2.02. The zero-order chi connectivity index (χ0) is 10.7. The van der Waals surface area contributed by atoms with Crippen molar-refractivity contribution in [1.29, 1.82) is 0 Å². The summed E-state index contributed by atoms with van der Waals surface area (Å²) in [6, 6.07) is -0.547. The van der Waals surface area contributed by atoms with E-state index in [2.05, 4.69) is 10.3 Å². The second-order valence-corrected chi connectivity index (χ2v) is 3.90. The predicted octanol–water partition coefficient (Wildman–Crippen LogP) is 1.17. The smallest absolute Gasteiger partial charge is 0.348 e. The molecule has 0 aliphatic carbocycles. The number of nitrogens with two attached hydrogens (primary N) is 2. The number of urea groups is 1. The minimum Gasteiger partial charge on any atom is -0.370 e. The van der Waals surface area contributed by atoms with E-state index in [0.717, 1.165) is 16.1 Å². The Morgan fingerprint density at radius 1 is 1.50 bits per heavy atom. The van der Waals surface area contributed by atoms with Crippen LogP contribution in [0.4, 0.5) is 10.5 Å². The van der Waals surface area contributed by atoms with Gasteiger partial charge in [0.1, 0.15) is 0 Å². The number of rotatable bonds is 1. The molecule has 0 atom stereocenters. The molecule has 0 radical (unpaired) electrons. The van der Waals surface area contributed by atoms with Crippen molar-refractivity contribution in [2.24, 2.45) is 16.5 Å². The molecule has 1 aromatic rings. The van der Waals surface area contributed by atoms with Crippen molar-refractivity contribution in [3.05, 3.63) is 15.8 Å². The molecule has 1 heterocycles. The molecule has 14 heavy (non-hydrogen) atoms. The van der Waals surface area contributed by atoms with Gasteiger partial charge < -0.3 is 16.8 Å². The maximum absolute atomic E-state index is 11.2. The molecular formula is C8H12N4OS. The highest BCUT2D eigenvalue weighted by atomic mass is 32.1. The van der Waals surface area contributed by atoms with Gasteiger partial charge in [0.25, 0.3) is 0 Å². The van der Waals surface area contributed by atoms with Gasteiger partial charge in [-0.15, -0.1) is 11.3 Å². The third-order valence-electron chi connectivity index (χ3n) is 1.62. The van der Waals surface area contributed by atoms with E-state index in [1.165, 1.54) is 0 Å². The molecule has 0 unspecified atom stereocenters. The summed E-state index contributed by atoms with van der Waals surface area (Å²) in [6.45, 7) is 3.83. The Bertz CT molecular complexity index is 359. The molecule has 6 heteroatoms. The zero-order valence-electron chi connectivity index (χ0n) is 8.00. The Morgan fingerprint density at radius 3 is 2.57 bits per heavy atom. The first kappa shape index (κ1) is 10.5. The number of guanidine groups is 1. The number of carbonyl (C=O) groups is 1. The molecule has 0 saturated carbocycles. The molecule has 1 rings (SSSR count). The van der Waals surface area contributed by atoms with Gasteiger partial charge in [-0.05, 0) is 24.8 Å². The predicted molar refractivity (Wildman–Crippen MR) is 58.6 cm³/mol. The van der Waals surface area contributed by atoms with E-state index in [-0.39, 0.29) is 5.96 Å². The van der Waals surface area contributed by atoms with Gasteiger partial charge in [-0.25, -0.2) is 4.79 Å². The third-order valence-corrected chi connectivity index (χ3v) is 2.65. The van der Waals surface area contributed by atoms with Gasteiger partial charge in [0.05, 0.1) is 5.69 Å². The van der Waals surface area contributed by atoms with Gasteiger partial charge in [-0.2, -0.15) is 4.99 Å². The number of hydrogen-bond acceptors (Lipinski definition) is 2. The number of nitrogens with one attached hydrogen (secondary N) is 1. The van der Waals surface area contributed by atoms with Crippen LogP contribution in [0.1, 0.15) is 10.4 Å². The molecular weight excluding hydrogens is 200 g/mol. The first-order valence-corrected chi connectivity index (χ1v) is 4.84. The Balaban J connectivity index is 2.79. The molecule has 5 N–H and O–H groups in total. The molecule has 0 saturated heterocycles. The van der Waals surface area contributed by atoms with E-state index in [4.69, 9.17) is 11.5 Å². The average Bonchev–Trinajstić information content (AvgIpc) is 2.34. The Kier molecular flexibility index (Phi) is 3.08. The van der Waals surface area contributed by atoms with E-state index in [0.29, 0.717) is 0 Å². The third kappa shape index (κ3) is 2.46. The fourth-order valence-corrected chi connectivity index (χ4v) is 1.81. The van der Waals surface area contributed by atoms with Crippen LogP contribution in [-0.2, 0) is 0 Å². The van der Waals surface area contributed by atoms with Crippen LogP contribution in [0.15, 0.2) is 10.4 Å². The second-order valence-electron chi connectivity index (χ2n) is 2.82. The number of aliphatic imine (C=N–C) groups is 1. The van der Waals surface area contributed by atoms with Crippen LogP contribution >= 0.6 is 11.3 Å². The van der Waals surface area contributed by atoms with Gasteiger partial charge in [-0.1, -0.05) is 0 Å². The van der Waals surface area contributed by atoms with E-state index >= 15 is 0 Å². The van der Waals surface area contributed by atoms with Crippen LogP contribution in [0.2, 0.25) is 0 Å². The summed E-state index contributed by atoms with van der Waals surface area (Å²) in [5.41, 5.74) is 11.9. The number of anilines is 1. The van der Waals surface area contributed by atoms with E-state index in [1.54, 1.807) is 11.3 Å². The summed E-state index contributed by atoms with van der Waals surface area (Å²) in [5.74, 6) is -0.243. The molecule has 0 aliphatic rings. The van der Waals surface area contributed by atoms with Crippen molar-refractivity contribution >= 4 is 29.0 Å². The summed E-state index contributed by atoms with van der Waals surface area (Å²) in [7, 11) is 0. The molecule has 0 bridgehead atoms. The number of carbonyl (C=O) groups excluding carboxylic acids is 1. The van der Waals surface area contributed by atoms with E-state index in [9.17, 15) is 4.79 Å². The Labute approximate surface area is 85.8 Å². The molecule has 1 aromatic heterocycles. The average molecular weight is 212 g/mol. The SMILES string of the molecule is Cc1csc(C)c1NC(=O)N=C(N)N. The fraction of sp³-hybridized carbons (Fsp3) is 0.250. The summed E-state index contributed by atoms with van der Waals surface area (Å²) in [6.07, 6.45) is 0. The maximum atomic E-state index is 11.2. The van der Waals surface area contributed by atoms with Crippen molar-refractivity contribution in [2.75, 3.05) is 5.32 Å². The number of aryl methyl sites for hydroxylation is 2. The van der Waals surface area contributed by atoms with Crippen molar-refractivity contribution in [1.82, 2.24) is 0 Å². The van der Waals surface area contributed by atoms with Gasteiger partial charge in [-0.3, -0.25) is 0 Å². The Morgan fingerprint density at radius 2 is 2.14 bits per heavy atom. The lowest BCUT2D eigenvalue weighted by molar-refractivity contribution is 0.259. The van der Waals surface area contributed by atoms with Gasteiger partial charge in [0.15, 0.2) is 5.96 Å². The summed E-state index contributed by atoms with van der Waals surface area (Å²) in [5, 5.41) is 4.57. The van der Waals surface area contributed by atoms with E-state index < -0.39 is 6.03 Å². The van der Waals surface area contributed by atoms with Crippen molar-refractivity contribution < 1.29 is 4.79 Å². The normalized spacial score (nSPS) is 9.57. The van der Waals surface area contributed by atoms with Crippen LogP contribution in [0.5, 0.6) is 0 Å². The summed E-state index contributed by atoms with van der Waals surface area (Å²) in [4.78, 5) is 15.6. The monoisotopic (exact) mass is 212 g/mol. The molecule has 0 aliphatic heterocycles. The fourth-order valence-electron chi connectivity index (χ4n) is 1.01. The zero-order valence-corrected chi connectivity index (χ0v) is 8.81. The molecule has 2 amide bonds. The summed E-state index contributed by atoms with van der Waals surface area (Å²) >= 11 is 1.57. The van der Waals surface area contributed by atoms with Crippen LogP contribution in [0.25, 0.3) is 0 Å². The largest absolute Gasteiger partial charge is 0.370 e. The van der Waals surface area contributed by atoms with Gasteiger partial charge in [0, 0.05) is 4.88 Å². The minimum absolute atomic E-state index is 0.243. The standard InChI is InChI=1S/C8H12N4OS/c1-4-3-14-5(2)6(4)11-8(13)12-7(9)10/h3H,1-2H3,(H5,9,10,11,12,13). The van der Waals surface area contributed by atoms with E-state index in [1.807, 2.05) is 19.2 Å². The lowest BCUT2D eigenvalue weighted by atomic mass is 10.3. The molecule has 0 spiro atoms. The quantitative estimate of drug-likeness (QED) is 0.482. The maximum Gasteiger partial charge on any atom is 0.348 e. The van der Waals surface area contributed by atoms with Crippen LogP contribution < -0.4 is 16.8 Å². The van der Waals surface area contributed by atoms with Crippen LogP contribution in [0.3, 0.4) is 0 Å². The molecule has 76 valence electrons. The molecule has 5 nitrogen and oxygen atoms in total. The van der Waals surface area contributed by atoms with Crippen LogP contribution in [0, 0.1) is 13.8 Å². The van der Waals surface area contributed by atoms with Gasteiger partial charge in [0.2, 0.25) is 0 Å². The highest BCUT2D eigenvalue weighted by Gasteiger charge is 2.07. The second kappa shape index (κ2) is 4.10. The lowest BCUT2D eigenvalue weighted by Crippen LogP contribution is -2.25. The number of hydrogen-bond donors (Lipinski definition) is 3. The highest BCUT2D eigenvalue weighted by Crippen LogP contribution is 2.26. The highest BCUT2D eigenvalue weighted by molar-refractivity contribution is 7.10. The first-order chi connectivity index (χ1) is 6.50. The van der Waals surface area contributed by atoms with Crippen molar-refractivity contribution in [2.45, 2.75) is 13.8 Å². The van der Waals surface area contributed by atoms with Crippen LogP contribution in [-0.4, -0.2) is 12.0 Å². The van der Waals surface area contributed by atoms with Gasteiger partial charge >= 0.3 is 6.03 Å². The molecule has 0 fully saturated rings. The topological polar surface area (TPSA) is 93.5 Å². The Hall–Kier alpha value is -1.56. The minimum atomic E-state index is -0.547.